The summed E-state index contributed by atoms with van der Waals surface area (Å²) in [7, 11) is 0. The number of ketones is 1. The molecule has 0 bridgehead atoms. The number of aromatic nitrogens is 1. The Morgan fingerprint density at radius 2 is 2.41 bits per heavy atom. The smallest absolute Gasteiger partial charge is 0.144 e. The molecule has 4 nitrogen and oxygen atoms in total. The number of nitrogen functional groups attached to an aromatic ring is 1. The predicted molar refractivity (Wildman–Crippen MR) is 67.3 cm³/mol. The highest BCUT2D eigenvalue weighted by atomic mass is 16.1. The van der Waals surface area contributed by atoms with Crippen molar-refractivity contribution in [2.24, 2.45) is 11.1 Å². The molecule has 2 atom stereocenters. The van der Waals surface area contributed by atoms with E-state index in [4.69, 9.17) is 11.5 Å². The predicted octanol–water partition coefficient (Wildman–Crippen LogP) is 1.29. The number of carbonyl (C=O) groups is 1. The highest BCUT2D eigenvalue weighted by molar-refractivity contribution is 5.88. The molecule has 4 heteroatoms. The maximum atomic E-state index is 12.3. The molecule has 0 aromatic carbocycles. The standard InChI is InChI=1S/C13H19N3O/c1-13(5-2-3-11(13)15)12(17)7-9-8-16-6-4-10(9)14/h4,6,8,11H,2-3,5,7,15H2,1H3,(H2,14,16). The minimum Gasteiger partial charge on any atom is -0.398 e. The van der Waals surface area contributed by atoms with Crippen molar-refractivity contribution < 1.29 is 4.79 Å². The van der Waals surface area contributed by atoms with Crippen LogP contribution in [0.1, 0.15) is 31.7 Å². The summed E-state index contributed by atoms with van der Waals surface area (Å²) in [5.74, 6) is 0.183. The summed E-state index contributed by atoms with van der Waals surface area (Å²) in [6.45, 7) is 1.97. The van der Waals surface area contributed by atoms with Crippen LogP contribution in [0, 0.1) is 5.41 Å². The number of Topliss-reactive ketones (excluding diaryl/α,β-unsaturated/α-hetero) is 1. The molecule has 0 aliphatic heterocycles. The zero-order valence-electron chi connectivity index (χ0n) is 10.1. The Morgan fingerprint density at radius 3 is 3.00 bits per heavy atom. The summed E-state index contributed by atoms with van der Waals surface area (Å²) in [5, 5.41) is 0. The molecule has 1 aromatic rings. The maximum Gasteiger partial charge on any atom is 0.144 e. The van der Waals surface area contributed by atoms with E-state index in [0.29, 0.717) is 12.1 Å². The van der Waals surface area contributed by atoms with E-state index in [2.05, 4.69) is 4.98 Å². The summed E-state index contributed by atoms with van der Waals surface area (Å²) >= 11 is 0. The molecule has 0 saturated heterocycles. The number of hydrogen-bond donors (Lipinski definition) is 2. The van der Waals surface area contributed by atoms with Gasteiger partial charge in [-0.05, 0) is 18.9 Å². The molecule has 1 saturated carbocycles. The Kier molecular flexibility index (Phi) is 3.15. The molecule has 1 aliphatic rings. The molecule has 0 amide bonds. The van der Waals surface area contributed by atoms with Crippen LogP contribution in [-0.4, -0.2) is 16.8 Å². The molecule has 1 heterocycles. The first-order valence-corrected chi connectivity index (χ1v) is 6.01. The van der Waals surface area contributed by atoms with E-state index >= 15 is 0 Å². The summed E-state index contributed by atoms with van der Waals surface area (Å²) in [6.07, 6.45) is 6.48. The van der Waals surface area contributed by atoms with E-state index in [1.54, 1.807) is 18.5 Å². The van der Waals surface area contributed by atoms with Crippen molar-refractivity contribution in [1.29, 1.82) is 0 Å². The average Bonchev–Trinajstić information content (AvgIpc) is 2.64. The lowest BCUT2D eigenvalue weighted by Crippen LogP contribution is -2.42. The molecule has 1 aromatic heterocycles. The van der Waals surface area contributed by atoms with Crippen molar-refractivity contribution in [2.75, 3.05) is 5.73 Å². The number of pyridine rings is 1. The van der Waals surface area contributed by atoms with Crippen LogP contribution in [0.2, 0.25) is 0 Å². The summed E-state index contributed by atoms with van der Waals surface area (Å²) < 4.78 is 0. The van der Waals surface area contributed by atoms with Crippen molar-refractivity contribution in [2.45, 2.75) is 38.6 Å². The minimum atomic E-state index is -0.387. The molecule has 0 radical (unpaired) electrons. The van der Waals surface area contributed by atoms with Crippen LogP contribution < -0.4 is 11.5 Å². The third kappa shape index (κ3) is 2.17. The number of carbonyl (C=O) groups excluding carboxylic acids is 1. The molecule has 92 valence electrons. The highest BCUT2D eigenvalue weighted by Gasteiger charge is 2.42. The van der Waals surface area contributed by atoms with E-state index in [9.17, 15) is 4.79 Å². The van der Waals surface area contributed by atoms with Gasteiger partial charge in [-0.25, -0.2) is 0 Å². The number of nitrogens with zero attached hydrogens (tertiary/aromatic N) is 1. The zero-order valence-corrected chi connectivity index (χ0v) is 10.1. The SMILES string of the molecule is CC1(C(=O)Cc2cnccc2N)CCCC1N. The Balaban J connectivity index is 2.15. The first kappa shape index (κ1) is 12.0. The van der Waals surface area contributed by atoms with Crippen molar-refractivity contribution in [3.8, 4) is 0 Å². The van der Waals surface area contributed by atoms with Gasteiger partial charge in [0.2, 0.25) is 0 Å². The lowest BCUT2D eigenvalue weighted by Gasteiger charge is -2.27. The Labute approximate surface area is 101 Å². The molecule has 2 rings (SSSR count). The van der Waals surface area contributed by atoms with Crippen molar-refractivity contribution in [3.05, 3.63) is 24.0 Å². The fourth-order valence-electron chi connectivity index (χ4n) is 2.50. The van der Waals surface area contributed by atoms with Gasteiger partial charge in [0, 0.05) is 41.5 Å². The second kappa shape index (κ2) is 4.45. The number of rotatable bonds is 3. The molecule has 1 fully saturated rings. The molecule has 0 spiro atoms. The fraction of sp³-hybridized carbons (Fsp3) is 0.538. The zero-order chi connectivity index (χ0) is 12.5. The van der Waals surface area contributed by atoms with Gasteiger partial charge >= 0.3 is 0 Å². The van der Waals surface area contributed by atoms with E-state index < -0.39 is 0 Å². The Morgan fingerprint density at radius 1 is 1.65 bits per heavy atom. The van der Waals surface area contributed by atoms with Crippen LogP contribution in [0.4, 0.5) is 5.69 Å². The first-order valence-electron chi connectivity index (χ1n) is 6.01. The minimum absolute atomic E-state index is 0.0205. The van der Waals surface area contributed by atoms with Gasteiger partial charge in [-0.2, -0.15) is 0 Å². The van der Waals surface area contributed by atoms with Gasteiger partial charge in [0.25, 0.3) is 0 Å². The molecule has 4 N–H and O–H groups in total. The fourth-order valence-corrected chi connectivity index (χ4v) is 2.50. The van der Waals surface area contributed by atoms with E-state index in [-0.39, 0.29) is 17.2 Å². The second-order valence-corrected chi connectivity index (χ2v) is 5.09. The molecular formula is C13H19N3O. The van der Waals surface area contributed by atoms with Crippen LogP contribution in [0.5, 0.6) is 0 Å². The van der Waals surface area contributed by atoms with Gasteiger partial charge in [0.15, 0.2) is 0 Å². The van der Waals surface area contributed by atoms with Gasteiger partial charge in [0.1, 0.15) is 5.78 Å². The van der Waals surface area contributed by atoms with E-state index in [1.807, 2.05) is 6.92 Å². The van der Waals surface area contributed by atoms with Crippen LogP contribution in [0.15, 0.2) is 18.5 Å². The third-order valence-electron chi connectivity index (χ3n) is 3.96. The lowest BCUT2D eigenvalue weighted by atomic mass is 9.78. The number of nitrogens with two attached hydrogens (primary N) is 2. The van der Waals surface area contributed by atoms with Crippen molar-refractivity contribution in [3.63, 3.8) is 0 Å². The molecule has 2 unspecified atom stereocenters. The monoisotopic (exact) mass is 233 g/mol. The summed E-state index contributed by atoms with van der Waals surface area (Å²) in [5.41, 5.74) is 12.9. The largest absolute Gasteiger partial charge is 0.398 e. The van der Waals surface area contributed by atoms with Gasteiger partial charge in [-0.3, -0.25) is 9.78 Å². The maximum absolute atomic E-state index is 12.3. The Hall–Kier alpha value is -1.42. The quantitative estimate of drug-likeness (QED) is 0.824. The average molecular weight is 233 g/mol. The summed E-state index contributed by atoms with van der Waals surface area (Å²) in [6, 6.07) is 1.70. The molecule has 17 heavy (non-hydrogen) atoms. The van der Waals surface area contributed by atoms with Gasteiger partial charge in [-0.15, -0.1) is 0 Å². The molecular weight excluding hydrogens is 214 g/mol. The number of hydrogen-bond acceptors (Lipinski definition) is 4. The van der Waals surface area contributed by atoms with Crippen LogP contribution >= 0.6 is 0 Å². The first-order chi connectivity index (χ1) is 8.04. The number of anilines is 1. The van der Waals surface area contributed by atoms with Gasteiger partial charge in [-0.1, -0.05) is 13.3 Å². The van der Waals surface area contributed by atoms with Crippen LogP contribution in [0.25, 0.3) is 0 Å². The molecule has 1 aliphatic carbocycles. The van der Waals surface area contributed by atoms with Crippen LogP contribution in [0.3, 0.4) is 0 Å². The van der Waals surface area contributed by atoms with Crippen molar-refractivity contribution >= 4 is 11.5 Å². The van der Waals surface area contributed by atoms with Gasteiger partial charge < -0.3 is 11.5 Å². The van der Waals surface area contributed by atoms with E-state index in [1.165, 1.54) is 0 Å². The van der Waals surface area contributed by atoms with Crippen molar-refractivity contribution in [1.82, 2.24) is 4.98 Å². The highest BCUT2D eigenvalue weighted by Crippen LogP contribution is 2.38. The van der Waals surface area contributed by atoms with E-state index in [0.717, 1.165) is 24.8 Å². The second-order valence-electron chi connectivity index (χ2n) is 5.09. The van der Waals surface area contributed by atoms with Gasteiger partial charge in [0.05, 0.1) is 0 Å². The van der Waals surface area contributed by atoms with Crippen LogP contribution in [-0.2, 0) is 11.2 Å². The normalized spacial score (nSPS) is 28.2. The topological polar surface area (TPSA) is 82.0 Å². The Bertz CT molecular complexity index is 432. The lowest BCUT2D eigenvalue weighted by molar-refractivity contribution is -0.127. The third-order valence-corrected chi connectivity index (χ3v) is 3.96. The summed E-state index contributed by atoms with van der Waals surface area (Å²) in [4.78, 5) is 16.3.